The number of hydrogen-bond acceptors (Lipinski definition) is 4. The minimum Gasteiger partial charge on any atom is -0.469 e. The molecule has 0 atom stereocenters. The summed E-state index contributed by atoms with van der Waals surface area (Å²) in [4.78, 5) is 10.0. The van der Waals surface area contributed by atoms with Gasteiger partial charge in [0.1, 0.15) is 11.2 Å². The smallest absolute Gasteiger partial charge is 0.217 e. The van der Waals surface area contributed by atoms with Crippen LogP contribution in [-0.4, -0.2) is 43.2 Å². The monoisotopic (exact) mass is 886 g/mol. The van der Waals surface area contributed by atoms with Gasteiger partial charge in [-0.25, -0.2) is 9.98 Å². The summed E-state index contributed by atoms with van der Waals surface area (Å²) in [5.74, 6) is 1.39. The fraction of sp³-hybridized carbons (Fsp3) is 0.194. The Morgan fingerprint density at radius 1 is 0.309 bits per heavy atom. The van der Waals surface area contributed by atoms with Gasteiger partial charge in [-0.05, 0) is 186 Å². The molecule has 6 nitrogen and oxygen atoms in total. The fourth-order valence-electron chi connectivity index (χ4n) is 9.94. The maximum atomic E-state index is 6.45. The molecule has 2 aliphatic heterocycles. The first-order chi connectivity index (χ1) is 32.6. The van der Waals surface area contributed by atoms with Crippen molar-refractivity contribution in [3.05, 3.63) is 193 Å². The highest BCUT2D eigenvalue weighted by Crippen LogP contribution is 2.42. The first-order valence-electron chi connectivity index (χ1n) is 23.7. The molecule has 2 aromatic heterocycles. The van der Waals surface area contributed by atoms with Gasteiger partial charge < -0.3 is 18.6 Å². The Labute approximate surface area is 397 Å². The van der Waals surface area contributed by atoms with Gasteiger partial charge in [-0.1, -0.05) is 84.9 Å². The predicted molar refractivity (Wildman–Crippen MR) is 283 cm³/mol. The summed E-state index contributed by atoms with van der Waals surface area (Å²) in [5.41, 5.74) is 14.3. The van der Waals surface area contributed by atoms with Crippen molar-refractivity contribution in [2.24, 2.45) is 9.98 Å². The summed E-state index contributed by atoms with van der Waals surface area (Å²) in [5, 5.41) is 4.78. The third-order valence-electron chi connectivity index (χ3n) is 15.2. The van der Waals surface area contributed by atoms with E-state index in [0.717, 1.165) is 77.9 Å². The van der Waals surface area contributed by atoms with Crippen molar-refractivity contribution in [3.63, 3.8) is 0 Å². The van der Waals surface area contributed by atoms with Crippen LogP contribution in [0.3, 0.4) is 0 Å². The molecule has 0 fully saturated rings. The molecule has 0 unspecified atom stereocenters. The van der Waals surface area contributed by atoms with E-state index in [-0.39, 0.29) is 11.1 Å². The number of ether oxygens (including phenoxy) is 2. The second kappa shape index (κ2) is 14.9. The zero-order valence-electron chi connectivity index (χ0n) is 39.9. The molecule has 334 valence electrons. The molecule has 0 N–H and O–H groups in total. The zero-order chi connectivity index (χ0) is 46.7. The second-order valence-electron chi connectivity index (χ2n) is 20.6. The van der Waals surface area contributed by atoms with Crippen LogP contribution in [0.4, 0.5) is 0 Å². The van der Waals surface area contributed by atoms with Gasteiger partial charge in [0, 0.05) is 44.0 Å². The van der Waals surface area contributed by atoms with E-state index >= 15 is 0 Å². The molecule has 2 aliphatic rings. The Bertz CT molecular complexity index is 3490. The van der Waals surface area contributed by atoms with Gasteiger partial charge in [-0.15, -0.1) is 0 Å². The molecule has 4 heterocycles. The molecule has 0 saturated carbocycles. The summed E-state index contributed by atoms with van der Waals surface area (Å²) in [6.07, 6.45) is 0. The van der Waals surface area contributed by atoms with E-state index in [1.54, 1.807) is 0 Å². The SMILES string of the molecule is CC1(C)N=C(c2cccc(-c3ccc4c(c3)c3cc(-c5ccc6c(c5)c5cc(-c7cccc(C8=NC(C)(C)C(C)(C)O8)c7)ccc5n6-c5ccccc5)ccc3n4-c3ccccc3)c2)OC1(C)C. The van der Waals surface area contributed by atoms with Crippen LogP contribution in [0, 0.1) is 0 Å². The maximum Gasteiger partial charge on any atom is 0.217 e. The van der Waals surface area contributed by atoms with Crippen molar-refractivity contribution in [2.45, 2.75) is 77.7 Å². The Balaban J connectivity index is 1.00. The zero-order valence-corrected chi connectivity index (χ0v) is 39.9. The molecule has 0 aliphatic carbocycles. The van der Waals surface area contributed by atoms with E-state index in [1.807, 2.05) is 0 Å². The van der Waals surface area contributed by atoms with Crippen molar-refractivity contribution in [1.29, 1.82) is 0 Å². The minimum atomic E-state index is -0.399. The summed E-state index contributed by atoms with van der Waals surface area (Å²) < 4.78 is 17.7. The van der Waals surface area contributed by atoms with Gasteiger partial charge in [-0.2, -0.15) is 0 Å². The third-order valence-corrected chi connectivity index (χ3v) is 15.2. The lowest BCUT2D eigenvalue weighted by molar-refractivity contribution is 0.0618. The molecule has 0 saturated heterocycles. The number of aliphatic imine (C=N–C) groups is 2. The second-order valence-corrected chi connectivity index (χ2v) is 20.6. The highest BCUT2D eigenvalue weighted by molar-refractivity contribution is 6.14. The highest BCUT2D eigenvalue weighted by Gasteiger charge is 2.46. The lowest BCUT2D eigenvalue weighted by Crippen LogP contribution is -2.41. The molecule has 0 amide bonds. The number of aromatic nitrogens is 2. The van der Waals surface area contributed by atoms with E-state index in [1.165, 1.54) is 21.5 Å². The van der Waals surface area contributed by atoms with Gasteiger partial charge in [0.25, 0.3) is 0 Å². The summed E-state index contributed by atoms with van der Waals surface area (Å²) in [6.45, 7) is 17.0. The summed E-state index contributed by atoms with van der Waals surface area (Å²) in [7, 11) is 0. The normalized spacial score (nSPS) is 16.8. The largest absolute Gasteiger partial charge is 0.469 e. The number of benzene rings is 8. The van der Waals surface area contributed by atoms with Crippen molar-refractivity contribution in [1.82, 2.24) is 9.13 Å². The number of nitrogens with zero attached hydrogens (tertiary/aromatic N) is 4. The third kappa shape index (κ3) is 6.60. The molecule has 12 rings (SSSR count). The molecule has 6 heteroatoms. The number of rotatable bonds is 7. The van der Waals surface area contributed by atoms with Crippen LogP contribution in [0.1, 0.15) is 66.5 Å². The topological polar surface area (TPSA) is 53.0 Å². The molecular formula is C62H54N4O2. The highest BCUT2D eigenvalue weighted by atomic mass is 16.5. The Morgan fingerprint density at radius 2 is 0.603 bits per heavy atom. The van der Waals surface area contributed by atoms with Crippen LogP contribution in [0.2, 0.25) is 0 Å². The van der Waals surface area contributed by atoms with Gasteiger partial charge in [0.05, 0.1) is 33.1 Å². The molecular weight excluding hydrogens is 833 g/mol. The number of fused-ring (bicyclic) bond motifs is 6. The average Bonchev–Trinajstić information content (AvgIpc) is 3.99. The standard InChI is InChI=1S/C62H54N4O2/c1-59(2)61(5,6)67-57(63-59)45-19-15-17-39(33-45)41-25-29-53-49(35-41)51-37-43(27-31-55(51)65(53)47-21-11-9-12-22-47)44-28-32-56-52(38-44)50-36-42(26-30-54(50)66(56)48-23-13-10-14-24-48)40-18-16-20-46(34-40)58-64-60(3,4)62(7,8)68-58/h9-38H,1-8H3. The van der Waals surface area contributed by atoms with Crippen molar-refractivity contribution in [2.75, 3.05) is 0 Å². The van der Waals surface area contributed by atoms with Crippen LogP contribution in [-0.2, 0) is 9.47 Å². The summed E-state index contributed by atoms with van der Waals surface area (Å²) >= 11 is 0. The Morgan fingerprint density at radius 3 is 0.897 bits per heavy atom. The maximum absolute atomic E-state index is 6.45. The van der Waals surface area contributed by atoms with Gasteiger partial charge in [-0.3, -0.25) is 0 Å². The van der Waals surface area contributed by atoms with Gasteiger partial charge in [0.2, 0.25) is 11.8 Å². The molecule has 0 spiro atoms. The molecule has 0 bridgehead atoms. The van der Waals surface area contributed by atoms with E-state index in [9.17, 15) is 0 Å². The number of hydrogen-bond donors (Lipinski definition) is 0. The molecule has 0 radical (unpaired) electrons. The Hall–Kier alpha value is -7.70. The van der Waals surface area contributed by atoms with Crippen molar-refractivity contribution < 1.29 is 9.47 Å². The lowest BCUT2D eigenvalue weighted by atomic mass is 9.87. The quantitative estimate of drug-likeness (QED) is 0.160. The molecule has 68 heavy (non-hydrogen) atoms. The van der Waals surface area contributed by atoms with Crippen molar-refractivity contribution >= 4 is 55.4 Å². The van der Waals surface area contributed by atoms with Crippen LogP contribution in [0.5, 0.6) is 0 Å². The minimum absolute atomic E-state index is 0.329. The van der Waals surface area contributed by atoms with Crippen LogP contribution in [0.25, 0.3) is 88.4 Å². The van der Waals surface area contributed by atoms with Gasteiger partial charge in [0.15, 0.2) is 0 Å². The molecule has 10 aromatic rings. The number of para-hydroxylation sites is 2. The molecule has 8 aromatic carbocycles. The van der Waals surface area contributed by atoms with Crippen LogP contribution < -0.4 is 0 Å². The van der Waals surface area contributed by atoms with Crippen molar-refractivity contribution in [3.8, 4) is 44.8 Å². The van der Waals surface area contributed by atoms with Crippen LogP contribution in [0.15, 0.2) is 192 Å². The summed E-state index contributed by atoms with van der Waals surface area (Å²) in [6, 6.07) is 66.2. The average molecular weight is 887 g/mol. The van der Waals surface area contributed by atoms with E-state index in [0.29, 0.717) is 11.8 Å². The van der Waals surface area contributed by atoms with Gasteiger partial charge >= 0.3 is 0 Å². The Kier molecular flexibility index (Phi) is 9.14. The lowest BCUT2D eigenvalue weighted by Gasteiger charge is -2.30. The first kappa shape index (κ1) is 41.7. The predicted octanol–water partition coefficient (Wildman–Crippen LogP) is 15.5. The van der Waals surface area contributed by atoms with E-state index in [2.05, 4.69) is 247 Å². The first-order valence-corrected chi connectivity index (χ1v) is 23.7. The van der Waals surface area contributed by atoms with E-state index < -0.39 is 11.2 Å². The van der Waals surface area contributed by atoms with Crippen LogP contribution >= 0.6 is 0 Å². The van der Waals surface area contributed by atoms with E-state index in [4.69, 9.17) is 19.5 Å². The fourth-order valence-corrected chi connectivity index (χ4v) is 9.94.